The number of anilines is 1. The molecule has 0 aliphatic heterocycles. The van der Waals surface area contributed by atoms with E-state index < -0.39 is 0 Å². The summed E-state index contributed by atoms with van der Waals surface area (Å²) in [5.74, 6) is 0. The maximum absolute atomic E-state index is 4.50. The van der Waals surface area contributed by atoms with E-state index in [-0.39, 0.29) is 0 Å². The van der Waals surface area contributed by atoms with Crippen LogP contribution in [0.15, 0.2) is 72.0 Å². The van der Waals surface area contributed by atoms with Crippen molar-refractivity contribution >= 4 is 22.9 Å². The molecule has 0 aliphatic rings. The second-order valence-electron chi connectivity index (χ2n) is 4.09. The number of hydrazone groups is 1. The summed E-state index contributed by atoms with van der Waals surface area (Å²) in [5, 5.41) is 8.39. The number of aromatic nitrogens is 2. The minimum Gasteiger partial charge on any atom is -0.278 e. The van der Waals surface area contributed by atoms with Gasteiger partial charge in [-0.25, -0.2) is 0 Å². The molecule has 0 saturated carbocycles. The van der Waals surface area contributed by atoms with Gasteiger partial charge in [-0.1, -0.05) is 53.0 Å². The molecule has 1 N–H and O–H groups in total. The van der Waals surface area contributed by atoms with Crippen molar-refractivity contribution in [3.05, 3.63) is 77.3 Å². The van der Waals surface area contributed by atoms with Crippen molar-refractivity contribution in [2.24, 2.45) is 5.10 Å². The van der Waals surface area contributed by atoms with Crippen molar-refractivity contribution in [3.63, 3.8) is 0 Å². The van der Waals surface area contributed by atoms with Crippen LogP contribution >= 0.6 is 11.5 Å². The molecule has 0 unspecified atom stereocenters. The molecule has 0 saturated heterocycles. The highest BCUT2D eigenvalue weighted by atomic mass is 32.1. The van der Waals surface area contributed by atoms with Gasteiger partial charge in [-0.2, -0.15) is 5.10 Å². The largest absolute Gasteiger partial charge is 0.278 e. The summed E-state index contributed by atoms with van der Waals surface area (Å²) in [7, 11) is 0. The fraction of sp³-hybridized carbons (Fsp3) is 0. The Balaban J connectivity index is 1.94. The first kappa shape index (κ1) is 12.5. The predicted octanol–water partition coefficient (Wildman–Crippen LogP) is 3.40. The van der Waals surface area contributed by atoms with E-state index in [4.69, 9.17) is 0 Å². The molecule has 0 radical (unpaired) electrons. The number of nitrogens with zero attached hydrogens (tertiary/aromatic N) is 3. The zero-order valence-corrected chi connectivity index (χ0v) is 11.4. The average molecular weight is 280 g/mol. The zero-order chi connectivity index (χ0) is 13.6. The lowest BCUT2D eigenvalue weighted by Gasteiger charge is -2.05. The Morgan fingerprint density at radius 3 is 2.30 bits per heavy atom. The van der Waals surface area contributed by atoms with Crippen molar-refractivity contribution in [1.82, 2.24) is 9.59 Å². The monoisotopic (exact) mass is 280 g/mol. The first-order valence-corrected chi connectivity index (χ1v) is 6.93. The molecule has 20 heavy (non-hydrogen) atoms. The first-order chi connectivity index (χ1) is 9.93. The van der Waals surface area contributed by atoms with Gasteiger partial charge in [-0.3, -0.25) is 5.43 Å². The quantitative estimate of drug-likeness (QED) is 0.588. The summed E-state index contributed by atoms with van der Waals surface area (Å²) in [6.07, 6.45) is 1.73. The van der Waals surface area contributed by atoms with E-state index in [1.54, 1.807) is 6.20 Å². The van der Waals surface area contributed by atoms with Gasteiger partial charge in [0, 0.05) is 5.56 Å². The Kier molecular flexibility index (Phi) is 3.80. The third-order valence-electron chi connectivity index (χ3n) is 2.71. The lowest BCUT2D eigenvalue weighted by Crippen LogP contribution is -2.04. The standard InChI is InChI=1S/C15H12N4S/c1-3-7-12(8-4-1)15(14-11-16-19-20-14)18-17-13-9-5-2-6-10-13/h1-11,17H/b18-15-. The molecule has 0 aliphatic carbocycles. The highest BCUT2D eigenvalue weighted by Crippen LogP contribution is 2.14. The van der Waals surface area contributed by atoms with Crippen molar-refractivity contribution in [3.8, 4) is 0 Å². The van der Waals surface area contributed by atoms with Crippen LogP contribution in [0.4, 0.5) is 5.69 Å². The average Bonchev–Trinajstić information content (AvgIpc) is 3.04. The van der Waals surface area contributed by atoms with Crippen molar-refractivity contribution < 1.29 is 0 Å². The molecule has 3 aromatic rings. The lowest BCUT2D eigenvalue weighted by atomic mass is 10.1. The van der Waals surface area contributed by atoms with Gasteiger partial charge >= 0.3 is 0 Å². The summed E-state index contributed by atoms with van der Waals surface area (Å²) in [6, 6.07) is 19.8. The Morgan fingerprint density at radius 2 is 1.65 bits per heavy atom. The number of benzene rings is 2. The topological polar surface area (TPSA) is 50.2 Å². The molecule has 0 bridgehead atoms. The van der Waals surface area contributed by atoms with Crippen LogP contribution in [0.3, 0.4) is 0 Å². The zero-order valence-electron chi connectivity index (χ0n) is 10.6. The molecule has 3 rings (SSSR count). The summed E-state index contributed by atoms with van der Waals surface area (Å²) in [5.41, 5.74) is 5.88. The van der Waals surface area contributed by atoms with Crippen molar-refractivity contribution in [1.29, 1.82) is 0 Å². The van der Waals surface area contributed by atoms with Gasteiger partial charge < -0.3 is 0 Å². The van der Waals surface area contributed by atoms with E-state index in [1.807, 2.05) is 60.7 Å². The van der Waals surface area contributed by atoms with E-state index in [1.165, 1.54) is 11.5 Å². The Bertz CT molecular complexity index is 678. The third kappa shape index (κ3) is 2.89. The van der Waals surface area contributed by atoms with Crippen molar-refractivity contribution in [2.75, 3.05) is 5.43 Å². The molecular weight excluding hydrogens is 268 g/mol. The second kappa shape index (κ2) is 6.08. The molecule has 0 atom stereocenters. The maximum atomic E-state index is 4.50. The molecule has 0 fully saturated rings. The summed E-state index contributed by atoms with van der Waals surface area (Å²) in [4.78, 5) is 0.930. The van der Waals surface area contributed by atoms with Crippen LogP contribution in [0, 0.1) is 0 Å². The fourth-order valence-electron chi connectivity index (χ4n) is 1.76. The minimum absolute atomic E-state index is 0.837. The van der Waals surface area contributed by atoms with E-state index in [2.05, 4.69) is 20.1 Å². The Hall–Kier alpha value is -2.53. The van der Waals surface area contributed by atoms with Crippen LogP contribution < -0.4 is 5.43 Å². The molecule has 5 heteroatoms. The van der Waals surface area contributed by atoms with Crippen LogP contribution in [0.1, 0.15) is 10.4 Å². The number of rotatable bonds is 4. The molecule has 0 spiro atoms. The molecule has 98 valence electrons. The SMILES string of the molecule is c1ccc(N/N=C(/c2ccccc2)c2cnns2)cc1. The molecule has 4 nitrogen and oxygen atoms in total. The van der Waals surface area contributed by atoms with Gasteiger partial charge in [0.05, 0.1) is 16.8 Å². The first-order valence-electron chi connectivity index (χ1n) is 6.15. The molecule has 1 aromatic heterocycles. The maximum Gasteiger partial charge on any atom is 0.111 e. The van der Waals surface area contributed by atoms with Gasteiger partial charge in [0.15, 0.2) is 0 Å². The number of hydrogen-bond acceptors (Lipinski definition) is 5. The van der Waals surface area contributed by atoms with E-state index in [0.29, 0.717) is 0 Å². The highest BCUT2D eigenvalue weighted by molar-refractivity contribution is 7.08. The smallest absolute Gasteiger partial charge is 0.111 e. The van der Waals surface area contributed by atoms with Crippen LogP contribution in [-0.4, -0.2) is 15.3 Å². The number of para-hydroxylation sites is 1. The highest BCUT2D eigenvalue weighted by Gasteiger charge is 2.09. The number of hydrogen-bond donors (Lipinski definition) is 1. The Labute approximate surface area is 121 Å². The molecular formula is C15H12N4S. The third-order valence-corrected chi connectivity index (χ3v) is 3.38. The van der Waals surface area contributed by atoms with Gasteiger partial charge in [-0.05, 0) is 23.7 Å². The van der Waals surface area contributed by atoms with E-state index in [9.17, 15) is 0 Å². The Morgan fingerprint density at radius 1 is 0.950 bits per heavy atom. The second-order valence-corrected chi connectivity index (χ2v) is 4.87. The van der Waals surface area contributed by atoms with E-state index >= 15 is 0 Å². The van der Waals surface area contributed by atoms with Crippen LogP contribution in [0.2, 0.25) is 0 Å². The van der Waals surface area contributed by atoms with Crippen LogP contribution in [0.25, 0.3) is 0 Å². The molecule has 2 aromatic carbocycles. The van der Waals surface area contributed by atoms with Gasteiger partial charge in [0.25, 0.3) is 0 Å². The van der Waals surface area contributed by atoms with Gasteiger partial charge in [-0.15, -0.1) is 5.10 Å². The summed E-state index contributed by atoms with van der Waals surface area (Å²) in [6.45, 7) is 0. The van der Waals surface area contributed by atoms with Gasteiger partial charge in [0.1, 0.15) is 5.71 Å². The normalized spacial score (nSPS) is 11.3. The molecule has 1 heterocycles. The lowest BCUT2D eigenvalue weighted by molar-refractivity contribution is 1.15. The summed E-state index contributed by atoms with van der Waals surface area (Å²) >= 11 is 1.33. The van der Waals surface area contributed by atoms with Gasteiger partial charge in [0.2, 0.25) is 0 Å². The van der Waals surface area contributed by atoms with Crippen LogP contribution in [0.5, 0.6) is 0 Å². The predicted molar refractivity (Wildman–Crippen MR) is 82.1 cm³/mol. The van der Waals surface area contributed by atoms with E-state index in [0.717, 1.165) is 21.8 Å². The fourth-order valence-corrected chi connectivity index (χ4v) is 2.29. The minimum atomic E-state index is 0.837. The summed E-state index contributed by atoms with van der Waals surface area (Å²) < 4.78 is 3.91. The number of nitrogens with one attached hydrogen (secondary N) is 1. The molecule has 0 amide bonds. The van der Waals surface area contributed by atoms with Crippen LogP contribution in [-0.2, 0) is 0 Å². The van der Waals surface area contributed by atoms with Crippen molar-refractivity contribution in [2.45, 2.75) is 0 Å².